The summed E-state index contributed by atoms with van der Waals surface area (Å²) in [6.07, 6.45) is 1.52. The first-order valence-corrected chi connectivity index (χ1v) is 8.62. The average Bonchev–Trinajstić information content (AvgIpc) is 2.47. The number of piperidine rings is 1. The van der Waals surface area contributed by atoms with Gasteiger partial charge in [0, 0.05) is 24.7 Å². The molecule has 0 N–H and O–H groups in total. The summed E-state index contributed by atoms with van der Waals surface area (Å²) in [6.45, 7) is 3.21. The molecule has 0 spiro atoms. The quantitative estimate of drug-likeness (QED) is 0.851. The second-order valence-corrected chi connectivity index (χ2v) is 7.18. The smallest absolute Gasteiger partial charge is 0.244 e. The van der Waals surface area contributed by atoms with Crippen LogP contribution < -0.4 is 0 Å². The summed E-state index contributed by atoms with van der Waals surface area (Å²) < 4.78 is 32.3. The number of halogens is 1. The van der Waals surface area contributed by atoms with Crippen LogP contribution in [0.25, 0.3) is 0 Å². The van der Waals surface area contributed by atoms with Gasteiger partial charge in [0.2, 0.25) is 10.0 Å². The van der Waals surface area contributed by atoms with E-state index in [0.717, 1.165) is 12.8 Å². The van der Waals surface area contributed by atoms with Crippen molar-refractivity contribution < 1.29 is 13.2 Å². The van der Waals surface area contributed by atoms with E-state index in [1.807, 2.05) is 13.0 Å². The van der Waals surface area contributed by atoms with Gasteiger partial charge in [-0.1, -0.05) is 11.6 Å². The number of hydrogen-bond donors (Lipinski definition) is 0. The van der Waals surface area contributed by atoms with Gasteiger partial charge in [-0.15, -0.1) is 0 Å². The highest BCUT2D eigenvalue weighted by Crippen LogP contribution is 2.26. The van der Waals surface area contributed by atoms with Crippen LogP contribution in [0.15, 0.2) is 23.1 Å². The predicted molar refractivity (Wildman–Crippen MR) is 79.6 cm³/mol. The Kier molecular flexibility index (Phi) is 5.22. The zero-order chi connectivity index (χ0) is 15.5. The minimum atomic E-state index is -3.70. The molecule has 0 bridgehead atoms. The normalized spacial score (nSPS) is 20.1. The molecule has 1 aromatic carbocycles. The van der Waals surface area contributed by atoms with Gasteiger partial charge in [0.1, 0.15) is 11.0 Å². The van der Waals surface area contributed by atoms with Gasteiger partial charge in [0.15, 0.2) is 0 Å². The molecule has 0 unspecified atom stereocenters. The first-order chi connectivity index (χ1) is 9.98. The molecule has 0 aromatic heterocycles. The molecule has 1 aliphatic rings. The monoisotopic (exact) mass is 328 g/mol. The number of rotatable bonds is 4. The van der Waals surface area contributed by atoms with Crippen LogP contribution >= 0.6 is 11.6 Å². The molecule has 1 aromatic rings. The van der Waals surface area contributed by atoms with Crippen LogP contribution in [0, 0.1) is 11.3 Å². The molecule has 0 saturated carbocycles. The van der Waals surface area contributed by atoms with Crippen LogP contribution in [-0.4, -0.2) is 38.5 Å². The maximum Gasteiger partial charge on any atom is 0.244 e. The lowest BCUT2D eigenvalue weighted by atomic mass is 10.1. The van der Waals surface area contributed by atoms with Crippen molar-refractivity contribution in [2.24, 2.45) is 0 Å². The van der Waals surface area contributed by atoms with Gasteiger partial charge in [-0.2, -0.15) is 9.57 Å². The van der Waals surface area contributed by atoms with E-state index in [2.05, 4.69) is 0 Å². The highest BCUT2D eigenvalue weighted by molar-refractivity contribution is 7.89. The average molecular weight is 329 g/mol. The van der Waals surface area contributed by atoms with Gasteiger partial charge in [-0.3, -0.25) is 0 Å². The van der Waals surface area contributed by atoms with Crippen molar-refractivity contribution in [3.05, 3.63) is 28.8 Å². The number of benzene rings is 1. The van der Waals surface area contributed by atoms with Crippen LogP contribution in [0.4, 0.5) is 0 Å². The van der Waals surface area contributed by atoms with Crippen molar-refractivity contribution >= 4 is 21.6 Å². The topological polar surface area (TPSA) is 70.4 Å². The van der Waals surface area contributed by atoms with Gasteiger partial charge in [-0.05, 0) is 38.0 Å². The number of sulfonamides is 1. The van der Waals surface area contributed by atoms with E-state index >= 15 is 0 Å². The number of nitrogens with zero attached hydrogens (tertiary/aromatic N) is 2. The number of nitriles is 1. The Hall–Kier alpha value is -1.13. The van der Waals surface area contributed by atoms with E-state index in [0.29, 0.717) is 24.7 Å². The fourth-order valence-corrected chi connectivity index (χ4v) is 4.25. The highest BCUT2D eigenvalue weighted by Gasteiger charge is 2.32. The summed E-state index contributed by atoms with van der Waals surface area (Å²) in [5, 5.41) is 9.47. The largest absolute Gasteiger partial charge is 0.377 e. The maximum absolute atomic E-state index is 12.7. The van der Waals surface area contributed by atoms with Gasteiger partial charge >= 0.3 is 0 Å². The highest BCUT2D eigenvalue weighted by atomic mass is 35.5. The third kappa shape index (κ3) is 3.55. The van der Waals surface area contributed by atoms with E-state index in [9.17, 15) is 8.42 Å². The standard InChI is InChI=1S/C14H17ClN2O3S/c1-2-20-13-4-3-7-17(10-13)21(18,19)14-6-5-12(15)8-11(14)9-16/h5-6,8,13H,2-4,7,10H2,1H3/t13-/m1/s1. The van der Waals surface area contributed by atoms with Crippen LogP contribution in [-0.2, 0) is 14.8 Å². The van der Waals surface area contributed by atoms with Gasteiger partial charge < -0.3 is 4.74 Å². The summed E-state index contributed by atoms with van der Waals surface area (Å²) in [5.74, 6) is 0. The molecule has 114 valence electrons. The van der Waals surface area contributed by atoms with E-state index in [1.165, 1.54) is 22.5 Å². The van der Waals surface area contributed by atoms with Gasteiger partial charge in [0.25, 0.3) is 0 Å². The van der Waals surface area contributed by atoms with E-state index < -0.39 is 10.0 Å². The van der Waals surface area contributed by atoms with Gasteiger partial charge in [0.05, 0.1) is 11.7 Å². The lowest BCUT2D eigenvalue weighted by molar-refractivity contribution is 0.0265. The third-order valence-electron chi connectivity index (χ3n) is 3.42. The lowest BCUT2D eigenvalue weighted by Crippen LogP contribution is -2.43. The van der Waals surface area contributed by atoms with Crippen molar-refractivity contribution in [2.45, 2.75) is 30.8 Å². The number of ether oxygens (including phenoxy) is 1. The second-order valence-electron chi connectivity index (χ2n) is 4.83. The minimum Gasteiger partial charge on any atom is -0.377 e. The molecule has 0 radical (unpaired) electrons. The van der Waals surface area contributed by atoms with E-state index in [4.69, 9.17) is 21.6 Å². The van der Waals surface area contributed by atoms with Crippen LogP contribution in [0.3, 0.4) is 0 Å². The van der Waals surface area contributed by atoms with Crippen molar-refractivity contribution in [3.8, 4) is 6.07 Å². The summed E-state index contributed by atoms with van der Waals surface area (Å²) in [6, 6.07) is 6.14. The Morgan fingerprint density at radius 3 is 2.95 bits per heavy atom. The summed E-state index contributed by atoms with van der Waals surface area (Å²) >= 11 is 5.82. The maximum atomic E-state index is 12.7. The molecular weight excluding hydrogens is 312 g/mol. The molecule has 1 atom stereocenters. The summed E-state index contributed by atoms with van der Waals surface area (Å²) in [7, 11) is -3.70. The van der Waals surface area contributed by atoms with Crippen LogP contribution in [0.1, 0.15) is 25.3 Å². The van der Waals surface area contributed by atoms with E-state index in [-0.39, 0.29) is 16.6 Å². The SMILES string of the molecule is CCO[C@@H]1CCCN(S(=O)(=O)c2ccc(Cl)cc2C#N)C1. The molecule has 5 nitrogen and oxygen atoms in total. The van der Waals surface area contributed by atoms with E-state index in [1.54, 1.807) is 0 Å². The minimum absolute atomic E-state index is 0.00606. The number of hydrogen-bond acceptors (Lipinski definition) is 4. The van der Waals surface area contributed by atoms with Crippen molar-refractivity contribution in [1.29, 1.82) is 5.26 Å². The molecule has 1 heterocycles. The predicted octanol–water partition coefficient (Wildman–Crippen LogP) is 2.40. The molecule has 1 aliphatic heterocycles. The Labute approximate surface area is 130 Å². The molecule has 2 rings (SSSR count). The summed E-state index contributed by atoms with van der Waals surface area (Å²) in [4.78, 5) is 0.00606. The zero-order valence-electron chi connectivity index (χ0n) is 11.8. The second kappa shape index (κ2) is 6.75. The van der Waals surface area contributed by atoms with Crippen LogP contribution in [0.2, 0.25) is 5.02 Å². The van der Waals surface area contributed by atoms with Gasteiger partial charge in [-0.25, -0.2) is 8.42 Å². The Balaban J connectivity index is 2.32. The van der Waals surface area contributed by atoms with Crippen LogP contribution in [0.5, 0.6) is 0 Å². The molecule has 0 aliphatic carbocycles. The third-order valence-corrected chi connectivity index (χ3v) is 5.58. The fourth-order valence-electron chi connectivity index (χ4n) is 2.45. The van der Waals surface area contributed by atoms with Crippen molar-refractivity contribution in [2.75, 3.05) is 19.7 Å². The first kappa shape index (κ1) is 16.2. The summed E-state index contributed by atoms with van der Waals surface area (Å²) in [5.41, 5.74) is 0.0704. The fraction of sp³-hybridized carbons (Fsp3) is 0.500. The van der Waals surface area contributed by atoms with Crippen molar-refractivity contribution in [1.82, 2.24) is 4.31 Å². The molecule has 21 heavy (non-hydrogen) atoms. The van der Waals surface area contributed by atoms with Crippen molar-refractivity contribution in [3.63, 3.8) is 0 Å². The Morgan fingerprint density at radius 1 is 1.52 bits per heavy atom. The molecule has 7 heteroatoms. The molecule has 1 saturated heterocycles. The molecule has 1 fully saturated rings. The first-order valence-electron chi connectivity index (χ1n) is 6.80. The Morgan fingerprint density at radius 2 is 2.29 bits per heavy atom. The zero-order valence-corrected chi connectivity index (χ0v) is 13.3. The molecule has 0 amide bonds. The lowest BCUT2D eigenvalue weighted by Gasteiger charge is -2.31. The Bertz CT molecular complexity index is 653. The molecular formula is C14H17ClN2O3S.